The van der Waals surface area contributed by atoms with E-state index >= 15 is 0 Å². The van der Waals surface area contributed by atoms with Crippen molar-refractivity contribution in [3.8, 4) is 11.3 Å². The average molecular weight is 488 g/mol. The number of nitrogens with two attached hydrogens (primary N) is 1. The van der Waals surface area contributed by atoms with Gasteiger partial charge in [0, 0.05) is 15.5 Å². The summed E-state index contributed by atoms with van der Waals surface area (Å²) < 4.78 is 5.69. The van der Waals surface area contributed by atoms with E-state index in [1.165, 1.54) is 11.3 Å². The zero-order valence-electron chi connectivity index (χ0n) is 17.6. The lowest BCUT2D eigenvalue weighted by Crippen LogP contribution is -2.34. The van der Waals surface area contributed by atoms with Gasteiger partial charge in [0.25, 0.3) is 11.8 Å². The van der Waals surface area contributed by atoms with Crippen LogP contribution in [-0.2, 0) is 12.8 Å². The van der Waals surface area contributed by atoms with E-state index in [1.54, 1.807) is 18.2 Å². The first kappa shape index (κ1) is 22.5. The molecule has 0 spiro atoms. The van der Waals surface area contributed by atoms with Crippen molar-refractivity contribution < 1.29 is 14.0 Å². The van der Waals surface area contributed by atoms with Gasteiger partial charge in [-0.05, 0) is 73.6 Å². The Morgan fingerprint density at radius 2 is 2.06 bits per heavy atom. The molecule has 0 saturated heterocycles. The number of aryl methyl sites for hydroxylation is 1. The summed E-state index contributed by atoms with van der Waals surface area (Å²) in [6.07, 6.45) is 2.72. The SMILES string of the molecule is Cc1ccc(-c2ccc(C(=O)NC(=S)Nc3sc4c(c3C(N)=O)CCC(C)C4)o2)cc1Cl. The second kappa shape index (κ2) is 9.05. The highest BCUT2D eigenvalue weighted by atomic mass is 35.5. The van der Waals surface area contributed by atoms with Gasteiger partial charge in [-0.25, -0.2) is 0 Å². The highest BCUT2D eigenvalue weighted by Crippen LogP contribution is 2.39. The van der Waals surface area contributed by atoms with Gasteiger partial charge in [-0.3, -0.25) is 14.9 Å². The van der Waals surface area contributed by atoms with Crippen LogP contribution >= 0.6 is 35.2 Å². The van der Waals surface area contributed by atoms with E-state index < -0.39 is 11.8 Å². The fourth-order valence-corrected chi connectivity index (χ4v) is 5.62. The monoisotopic (exact) mass is 487 g/mol. The highest BCUT2D eigenvalue weighted by molar-refractivity contribution is 7.80. The van der Waals surface area contributed by atoms with Gasteiger partial charge in [0.15, 0.2) is 10.9 Å². The number of primary amides is 1. The van der Waals surface area contributed by atoms with E-state index in [1.807, 2.05) is 19.1 Å². The minimum absolute atomic E-state index is 0.0699. The number of thiocarbonyl (C=S) groups is 1. The van der Waals surface area contributed by atoms with Gasteiger partial charge in [-0.15, -0.1) is 11.3 Å². The molecule has 0 aliphatic heterocycles. The molecule has 0 saturated carbocycles. The number of benzene rings is 1. The van der Waals surface area contributed by atoms with Crippen LogP contribution in [0.15, 0.2) is 34.7 Å². The third kappa shape index (κ3) is 4.57. The molecule has 1 aromatic carbocycles. The van der Waals surface area contributed by atoms with E-state index in [0.717, 1.165) is 40.8 Å². The lowest BCUT2D eigenvalue weighted by atomic mass is 9.88. The maximum absolute atomic E-state index is 12.6. The molecule has 0 bridgehead atoms. The molecule has 0 radical (unpaired) electrons. The number of fused-ring (bicyclic) bond motifs is 1. The molecule has 2 heterocycles. The topological polar surface area (TPSA) is 97.4 Å². The van der Waals surface area contributed by atoms with Crippen LogP contribution < -0.4 is 16.4 Å². The van der Waals surface area contributed by atoms with Crippen LogP contribution in [0, 0.1) is 12.8 Å². The molecule has 4 rings (SSSR count). The number of halogens is 1. The van der Waals surface area contributed by atoms with Crippen LogP contribution in [0.4, 0.5) is 5.00 Å². The normalized spacial score (nSPS) is 15.2. The molecule has 9 heteroatoms. The number of amides is 2. The summed E-state index contributed by atoms with van der Waals surface area (Å²) in [5.41, 5.74) is 8.81. The van der Waals surface area contributed by atoms with Crippen molar-refractivity contribution in [2.45, 2.75) is 33.1 Å². The van der Waals surface area contributed by atoms with Crippen molar-refractivity contribution in [3.63, 3.8) is 0 Å². The molecular weight excluding hydrogens is 466 g/mol. The van der Waals surface area contributed by atoms with Gasteiger partial charge in [0.1, 0.15) is 10.8 Å². The molecule has 0 fully saturated rings. The fourth-order valence-electron chi connectivity index (χ4n) is 3.76. The number of carbonyl (C=O) groups excluding carboxylic acids is 2. The Kier molecular flexibility index (Phi) is 6.37. The second-order valence-corrected chi connectivity index (χ2v) is 9.88. The van der Waals surface area contributed by atoms with Crippen molar-refractivity contribution >= 4 is 57.1 Å². The summed E-state index contributed by atoms with van der Waals surface area (Å²) in [5.74, 6) is 0.184. The molecule has 32 heavy (non-hydrogen) atoms. The number of rotatable bonds is 4. The van der Waals surface area contributed by atoms with E-state index in [0.29, 0.717) is 27.3 Å². The Balaban J connectivity index is 1.47. The van der Waals surface area contributed by atoms with Gasteiger partial charge in [0.05, 0.1) is 5.56 Å². The van der Waals surface area contributed by atoms with Gasteiger partial charge < -0.3 is 15.5 Å². The Labute approximate surface area is 200 Å². The third-order valence-corrected chi connectivity index (χ3v) is 7.28. The summed E-state index contributed by atoms with van der Waals surface area (Å²) in [6.45, 7) is 4.10. The number of hydrogen-bond donors (Lipinski definition) is 3. The van der Waals surface area contributed by atoms with E-state index in [-0.39, 0.29) is 10.9 Å². The van der Waals surface area contributed by atoms with Crippen molar-refractivity contribution in [1.29, 1.82) is 0 Å². The number of carbonyl (C=O) groups is 2. The van der Waals surface area contributed by atoms with Gasteiger partial charge in [0.2, 0.25) is 0 Å². The number of hydrogen-bond acceptors (Lipinski definition) is 5. The summed E-state index contributed by atoms with van der Waals surface area (Å²) >= 11 is 13.0. The molecule has 166 valence electrons. The molecule has 1 atom stereocenters. The first-order valence-corrected chi connectivity index (χ1v) is 11.8. The lowest BCUT2D eigenvalue weighted by molar-refractivity contribution is 0.0950. The molecule has 2 aromatic heterocycles. The molecular formula is C23H22ClN3O3S2. The molecule has 3 aromatic rings. The number of thiophene rings is 1. The van der Waals surface area contributed by atoms with Crippen molar-refractivity contribution in [2.75, 3.05) is 5.32 Å². The van der Waals surface area contributed by atoms with Crippen LogP contribution in [0.3, 0.4) is 0 Å². The van der Waals surface area contributed by atoms with Crippen LogP contribution in [0.2, 0.25) is 5.02 Å². The average Bonchev–Trinajstić information content (AvgIpc) is 3.34. The number of anilines is 1. The molecule has 6 nitrogen and oxygen atoms in total. The highest BCUT2D eigenvalue weighted by Gasteiger charge is 2.27. The predicted octanol–water partition coefficient (Wildman–Crippen LogP) is 5.32. The van der Waals surface area contributed by atoms with Gasteiger partial charge >= 0.3 is 0 Å². The predicted molar refractivity (Wildman–Crippen MR) is 132 cm³/mol. The van der Waals surface area contributed by atoms with Crippen LogP contribution in [0.1, 0.15) is 50.3 Å². The maximum atomic E-state index is 12.6. The fraction of sp³-hybridized carbons (Fsp3) is 0.261. The maximum Gasteiger partial charge on any atom is 0.293 e. The molecule has 2 amide bonds. The van der Waals surface area contributed by atoms with Crippen LogP contribution in [0.5, 0.6) is 0 Å². The second-order valence-electron chi connectivity index (χ2n) is 7.96. The number of furan rings is 1. The number of nitrogens with one attached hydrogen (secondary N) is 2. The van der Waals surface area contributed by atoms with Crippen molar-refractivity contribution in [2.24, 2.45) is 11.7 Å². The zero-order valence-corrected chi connectivity index (χ0v) is 20.0. The third-order valence-electron chi connectivity index (χ3n) is 5.50. The Morgan fingerprint density at radius 1 is 1.28 bits per heavy atom. The van der Waals surface area contributed by atoms with E-state index in [2.05, 4.69) is 17.6 Å². The first-order chi connectivity index (χ1) is 15.2. The summed E-state index contributed by atoms with van der Waals surface area (Å²) in [6, 6.07) is 8.82. The molecule has 1 unspecified atom stereocenters. The summed E-state index contributed by atoms with van der Waals surface area (Å²) in [5, 5.41) is 6.83. The van der Waals surface area contributed by atoms with Gasteiger partial charge in [-0.2, -0.15) is 0 Å². The Hall–Kier alpha value is -2.68. The largest absolute Gasteiger partial charge is 0.451 e. The van der Waals surface area contributed by atoms with E-state index in [9.17, 15) is 9.59 Å². The zero-order chi connectivity index (χ0) is 23.0. The molecule has 1 aliphatic rings. The lowest BCUT2D eigenvalue weighted by Gasteiger charge is -2.18. The minimum Gasteiger partial charge on any atom is -0.451 e. The summed E-state index contributed by atoms with van der Waals surface area (Å²) in [7, 11) is 0. The molecule has 1 aliphatic carbocycles. The standard InChI is InChI=1S/C23H22ClN3O3S2/c1-11-3-6-14-18(9-11)32-22(19(14)20(25)28)27-23(31)26-21(29)17-8-7-16(30-17)13-5-4-12(2)15(24)10-13/h4-5,7-8,10-11H,3,6,9H2,1-2H3,(H2,25,28)(H2,26,27,29,31). The molecule has 4 N–H and O–H groups in total. The minimum atomic E-state index is -0.499. The first-order valence-electron chi connectivity index (χ1n) is 10.2. The van der Waals surface area contributed by atoms with Crippen LogP contribution in [-0.4, -0.2) is 16.9 Å². The Morgan fingerprint density at radius 3 is 2.78 bits per heavy atom. The van der Waals surface area contributed by atoms with Gasteiger partial charge in [-0.1, -0.05) is 30.7 Å². The smallest absolute Gasteiger partial charge is 0.293 e. The van der Waals surface area contributed by atoms with E-state index in [4.69, 9.17) is 34.0 Å². The van der Waals surface area contributed by atoms with Crippen molar-refractivity contribution in [1.82, 2.24) is 5.32 Å². The summed E-state index contributed by atoms with van der Waals surface area (Å²) in [4.78, 5) is 25.8. The van der Waals surface area contributed by atoms with Crippen LogP contribution in [0.25, 0.3) is 11.3 Å². The quantitative estimate of drug-likeness (QED) is 0.432. The van der Waals surface area contributed by atoms with Crippen molar-refractivity contribution in [3.05, 3.63) is 62.7 Å². The Bertz CT molecular complexity index is 1230.